The summed E-state index contributed by atoms with van der Waals surface area (Å²) in [6.07, 6.45) is -2.83. The summed E-state index contributed by atoms with van der Waals surface area (Å²) in [7, 11) is 0. The number of pyridine rings is 1. The maximum Gasteiger partial charge on any atom is 0.387 e. The van der Waals surface area contributed by atoms with Crippen molar-refractivity contribution < 1.29 is 13.7 Å². The molecule has 0 aromatic carbocycles. The summed E-state index contributed by atoms with van der Waals surface area (Å²) in [4.78, 5) is 12.4. The number of hydrogen-bond acceptors (Lipinski definition) is 4. The number of nitrogen functional groups attached to an aromatic ring is 1. The lowest BCUT2D eigenvalue weighted by Gasteiger charge is -1.97. The summed E-state index contributed by atoms with van der Waals surface area (Å²) in [5, 5.41) is 10.2. The largest absolute Gasteiger partial charge is 0.392 e. The number of alkyl halides is 2. The number of nitrogens with zero attached hydrogens (tertiary/aromatic N) is 2. The molecule has 0 aliphatic rings. The molecule has 0 amide bonds. The Morgan fingerprint density at radius 1 is 1.54 bits per heavy atom. The van der Waals surface area contributed by atoms with Crippen LogP contribution in [0.4, 0.5) is 20.3 Å². The molecule has 70 valence electrons. The molecular weight excluding hydrogens is 184 g/mol. The molecule has 0 spiro atoms. The molecule has 1 aromatic heterocycles. The van der Waals surface area contributed by atoms with Crippen LogP contribution in [-0.4, -0.2) is 9.91 Å². The smallest absolute Gasteiger partial charge is 0.387 e. The summed E-state index contributed by atoms with van der Waals surface area (Å²) in [6, 6.07) is 1.99. The average molecular weight is 189 g/mol. The highest BCUT2D eigenvalue weighted by Crippen LogP contribution is 2.23. The number of halogens is 2. The molecule has 0 fully saturated rings. The predicted octanol–water partition coefficient (Wildman–Crippen LogP) is 1.51. The van der Waals surface area contributed by atoms with Crippen molar-refractivity contribution in [2.75, 3.05) is 5.73 Å². The molecule has 1 aromatic rings. The van der Waals surface area contributed by atoms with Crippen molar-refractivity contribution in [3.05, 3.63) is 27.9 Å². The lowest BCUT2D eigenvalue weighted by Crippen LogP contribution is -2.01. The van der Waals surface area contributed by atoms with E-state index in [0.717, 1.165) is 12.1 Å². The Kier molecular flexibility index (Phi) is 2.36. The maximum atomic E-state index is 12.0. The van der Waals surface area contributed by atoms with Crippen molar-refractivity contribution in [2.45, 2.75) is 6.43 Å². The number of anilines is 1. The molecule has 1 heterocycles. The minimum Gasteiger partial charge on any atom is -0.392 e. The minimum absolute atomic E-state index is 0.227. The van der Waals surface area contributed by atoms with E-state index in [0.29, 0.717) is 0 Å². The van der Waals surface area contributed by atoms with Crippen LogP contribution in [0.5, 0.6) is 0 Å². The number of nitro groups is 1. The fourth-order valence-corrected chi connectivity index (χ4v) is 0.742. The van der Waals surface area contributed by atoms with Gasteiger partial charge in [0.15, 0.2) is 0 Å². The highest BCUT2D eigenvalue weighted by molar-refractivity contribution is 5.53. The van der Waals surface area contributed by atoms with E-state index in [2.05, 4.69) is 4.98 Å². The van der Waals surface area contributed by atoms with Crippen LogP contribution in [0.15, 0.2) is 12.1 Å². The Morgan fingerprint density at radius 3 is 2.62 bits per heavy atom. The van der Waals surface area contributed by atoms with Crippen molar-refractivity contribution in [3.8, 4) is 0 Å². The van der Waals surface area contributed by atoms with E-state index < -0.39 is 22.9 Å². The molecule has 0 aliphatic carbocycles. The van der Waals surface area contributed by atoms with E-state index in [4.69, 9.17) is 5.73 Å². The quantitative estimate of drug-likeness (QED) is 0.564. The zero-order chi connectivity index (χ0) is 10.0. The Morgan fingerprint density at radius 2 is 2.15 bits per heavy atom. The van der Waals surface area contributed by atoms with Gasteiger partial charge in [-0.05, 0) is 22.0 Å². The van der Waals surface area contributed by atoms with Gasteiger partial charge in [0.2, 0.25) is 5.69 Å². The van der Waals surface area contributed by atoms with E-state index in [9.17, 15) is 18.9 Å². The molecule has 7 heteroatoms. The van der Waals surface area contributed by atoms with Gasteiger partial charge < -0.3 is 15.8 Å². The van der Waals surface area contributed by atoms with Crippen LogP contribution in [-0.2, 0) is 0 Å². The Labute approximate surface area is 71.3 Å². The normalized spacial score (nSPS) is 10.4. The van der Waals surface area contributed by atoms with Gasteiger partial charge in [-0.1, -0.05) is 0 Å². The Bertz CT molecular complexity index is 343. The zero-order valence-corrected chi connectivity index (χ0v) is 6.28. The summed E-state index contributed by atoms with van der Waals surface area (Å²) in [5.41, 5.74) is 4.26. The van der Waals surface area contributed by atoms with Crippen molar-refractivity contribution in [2.24, 2.45) is 0 Å². The van der Waals surface area contributed by atoms with Crippen molar-refractivity contribution in [1.82, 2.24) is 4.98 Å². The fourth-order valence-electron chi connectivity index (χ4n) is 0.742. The van der Waals surface area contributed by atoms with E-state index in [1.807, 2.05) is 0 Å². The Hall–Kier alpha value is -1.79. The summed E-state index contributed by atoms with van der Waals surface area (Å²) < 4.78 is 24.0. The van der Waals surface area contributed by atoms with Crippen LogP contribution in [0.1, 0.15) is 12.1 Å². The van der Waals surface area contributed by atoms with Gasteiger partial charge in [-0.3, -0.25) is 0 Å². The third kappa shape index (κ3) is 1.86. The second-order valence-electron chi connectivity index (χ2n) is 2.21. The van der Waals surface area contributed by atoms with Gasteiger partial charge in [-0.2, -0.15) is 0 Å². The molecular formula is C6H5F2N3O2. The molecule has 5 nitrogen and oxygen atoms in total. The average Bonchev–Trinajstić information content (AvgIpc) is 2.04. The number of rotatable bonds is 2. The highest BCUT2D eigenvalue weighted by Gasteiger charge is 2.20. The van der Waals surface area contributed by atoms with Crippen molar-refractivity contribution >= 4 is 11.5 Å². The molecule has 13 heavy (non-hydrogen) atoms. The zero-order valence-electron chi connectivity index (χ0n) is 6.28. The first-order chi connectivity index (χ1) is 6.02. The molecule has 0 saturated carbocycles. The van der Waals surface area contributed by atoms with Gasteiger partial charge in [0.1, 0.15) is 5.69 Å². The first-order valence-corrected chi connectivity index (χ1v) is 3.21. The lowest BCUT2D eigenvalue weighted by atomic mass is 10.3. The second-order valence-corrected chi connectivity index (χ2v) is 2.21. The summed E-state index contributed by atoms with van der Waals surface area (Å²) >= 11 is 0. The van der Waals surface area contributed by atoms with Crippen LogP contribution in [0.2, 0.25) is 0 Å². The third-order valence-electron chi connectivity index (χ3n) is 1.32. The molecule has 0 atom stereocenters. The number of hydrogen-bond donors (Lipinski definition) is 1. The summed E-state index contributed by atoms with van der Waals surface area (Å²) in [5.74, 6) is -0.738. The van der Waals surface area contributed by atoms with Crippen molar-refractivity contribution in [1.29, 1.82) is 0 Å². The van der Waals surface area contributed by atoms with Crippen LogP contribution in [0.3, 0.4) is 0 Å². The van der Waals surface area contributed by atoms with Gasteiger partial charge in [-0.25, -0.2) is 8.78 Å². The topological polar surface area (TPSA) is 82.0 Å². The van der Waals surface area contributed by atoms with E-state index in [1.54, 1.807) is 0 Å². The lowest BCUT2D eigenvalue weighted by molar-refractivity contribution is -0.388. The minimum atomic E-state index is -2.83. The van der Waals surface area contributed by atoms with Gasteiger partial charge in [0.25, 0.3) is 0 Å². The molecule has 2 N–H and O–H groups in total. The standard InChI is InChI=1S/C6H5F2N3O2/c7-5(8)4-2-1-3(9)6(10-4)11(12)13/h1-2,5H,9H2. The molecule has 0 unspecified atom stereocenters. The monoisotopic (exact) mass is 189 g/mol. The van der Waals surface area contributed by atoms with Gasteiger partial charge in [0, 0.05) is 0 Å². The highest BCUT2D eigenvalue weighted by atomic mass is 19.3. The SMILES string of the molecule is Nc1ccc(C(F)F)nc1[N+](=O)[O-]. The van der Waals surface area contributed by atoms with E-state index >= 15 is 0 Å². The molecule has 0 saturated heterocycles. The van der Waals surface area contributed by atoms with Crippen molar-refractivity contribution in [3.63, 3.8) is 0 Å². The van der Waals surface area contributed by atoms with Crippen LogP contribution < -0.4 is 5.73 Å². The first-order valence-electron chi connectivity index (χ1n) is 3.21. The van der Waals surface area contributed by atoms with Gasteiger partial charge in [0.05, 0.1) is 0 Å². The van der Waals surface area contributed by atoms with Crippen LogP contribution in [0, 0.1) is 10.1 Å². The van der Waals surface area contributed by atoms with Crippen LogP contribution in [0.25, 0.3) is 0 Å². The fraction of sp³-hybridized carbons (Fsp3) is 0.167. The molecule has 0 radical (unpaired) electrons. The van der Waals surface area contributed by atoms with Gasteiger partial charge in [-0.15, -0.1) is 0 Å². The maximum absolute atomic E-state index is 12.0. The predicted molar refractivity (Wildman–Crippen MR) is 40.3 cm³/mol. The third-order valence-corrected chi connectivity index (χ3v) is 1.32. The number of aromatic nitrogens is 1. The molecule has 1 rings (SSSR count). The first kappa shape index (κ1) is 9.30. The van der Waals surface area contributed by atoms with E-state index in [1.165, 1.54) is 0 Å². The number of nitrogens with two attached hydrogens (primary N) is 1. The Balaban J connectivity index is 3.19. The molecule has 0 aliphatic heterocycles. The van der Waals surface area contributed by atoms with Crippen LogP contribution >= 0.6 is 0 Å². The summed E-state index contributed by atoms with van der Waals surface area (Å²) in [6.45, 7) is 0. The molecule has 0 bridgehead atoms. The van der Waals surface area contributed by atoms with Gasteiger partial charge >= 0.3 is 12.2 Å². The second kappa shape index (κ2) is 3.30. The van der Waals surface area contributed by atoms with E-state index in [-0.39, 0.29) is 5.69 Å².